The van der Waals surface area contributed by atoms with Crippen LogP contribution in [0.5, 0.6) is 0 Å². The molecule has 0 radical (unpaired) electrons. The van der Waals surface area contributed by atoms with E-state index in [1.165, 1.54) is 5.56 Å². The van der Waals surface area contributed by atoms with Crippen molar-refractivity contribution in [3.05, 3.63) is 36.3 Å². The molecule has 2 aromatic rings. The predicted octanol–water partition coefficient (Wildman–Crippen LogP) is 2.03. The largest absolute Gasteiger partial charge is 0.327 e. The van der Waals surface area contributed by atoms with Crippen LogP contribution in [0.15, 0.2) is 30.7 Å². The van der Waals surface area contributed by atoms with Crippen molar-refractivity contribution < 1.29 is 0 Å². The van der Waals surface area contributed by atoms with E-state index in [2.05, 4.69) is 40.0 Å². The Morgan fingerprint density at radius 2 is 2.29 bits per heavy atom. The molecule has 2 aromatic heterocycles. The molecule has 1 fully saturated rings. The van der Waals surface area contributed by atoms with Gasteiger partial charge in [-0.1, -0.05) is 13.8 Å². The Hall–Kier alpha value is -1.72. The normalized spacial score (nSPS) is 22.3. The molecule has 0 aromatic carbocycles. The molecule has 0 aliphatic carbocycles. The number of nitrogens with zero attached hydrogens (tertiary/aromatic N) is 3. The van der Waals surface area contributed by atoms with Crippen LogP contribution in [-0.4, -0.2) is 39.2 Å². The van der Waals surface area contributed by atoms with E-state index in [1.807, 2.05) is 18.5 Å². The highest BCUT2D eigenvalue weighted by molar-refractivity contribution is 5.61. The summed E-state index contributed by atoms with van der Waals surface area (Å²) in [6.45, 7) is 7.47. The average molecular weight is 285 g/mol. The van der Waals surface area contributed by atoms with Crippen LogP contribution in [0.4, 0.5) is 0 Å². The second kappa shape index (κ2) is 5.58. The fourth-order valence-corrected chi connectivity index (χ4v) is 3.05. The Labute approximate surface area is 125 Å². The molecule has 1 aliphatic heterocycles. The van der Waals surface area contributed by atoms with E-state index < -0.39 is 0 Å². The number of nitrogens with one attached hydrogen (secondary N) is 1. The van der Waals surface area contributed by atoms with E-state index in [4.69, 9.17) is 5.73 Å². The topological polar surface area (TPSA) is 70.8 Å². The first-order valence-corrected chi connectivity index (χ1v) is 7.47. The Balaban J connectivity index is 1.76. The van der Waals surface area contributed by atoms with Crippen molar-refractivity contribution in [2.75, 3.05) is 13.1 Å². The molecule has 5 nitrogen and oxygen atoms in total. The van der Waals surface area contributed by atoms with E-state index in [0.29, 0.717) is 0 Å². The molecule has 1 saturated heterocycles. The average Bonchev–Trinajstić information content (AvgIpc) is 2.92. The lowest BCUT2D eigenvalue weighted by Crippen LogP contribution is -2.52. The highest BCUT2D eigenvalue weighted by atomic mass is 15.2. The quantitative estimate of drug-likeness (QED) is 0.905. The first kappa shape index (κ1) is 14.2. The minimum atomic E-state index is 0.163. The third-order valence-corrected chi connectivity index (χ3v) is 4.45. The number of hydrogen-bond donors (Lipinski definition) is 2. The summed E-state index contributed by atoms with van der Waals surface area (Å²) < 4.78 is 0. The van der Waals surface area contributed by atoms with Crippen molar-refractivity contribution in [1.82, 2.24) is 20.1 Å². The number of nitrogens with two attached hydrogens (primary N) is 1. The molecule has 5 heteroatoms. The third kappa shape index (κ3) is 2.99. The third-order valence-electron chi connectivity index (χ3n) is 4.45. The van der Waals surface area contributed by atoms with Gasteiger partial charge in [0.1, 0.15) is 0 Å². The van der Waals surface area contributed by atoms with Crippen LogP contribution in [0.3, 0.4) is 0 Å². The fourth-order valence-electron chi connectivity index (χ4n) is 3.05. The number of pyridine rings is 1. The molecule has 0 bridgehead atoms. The van der Waals surface area contributed by atoms with Gasteiger partial charge in [-0.25, -0.2) is 0 Å². The van der Waals surface area contributed by atoms with Crippen LogP contribution in [0, 0.1) is 5.41 Å². The van der Waals surface area contributed by atoms with Gasteiger partial charge in [0.15, 0.2) is 0 Å². The molecule has 3 N–H and O–H groups in total. The van der Waals surface area contributed by atoms with E-state index in [-0.39, 0.29) is 11.5 Å². The van der Waals surface area contributed by atoms with Crippen molar-refractivity contribution in [3.8, 4) is 11.3 Å². The van der Waals surface area contributed by atoms with Crippen LogP contribution < -0.4 is 5.73 Å². The van der Waals surface area contributed by atoms with Gasteiger partial charge >= 0.3 is 0 Å². The summed E-state index contributed by atoms with van der Waals surface area (Å²) in [5.41, 5.74) is 9.74. The van der Waals surface area contributed by atoms with E-state index in [0.717, 1.165) is 37.3 Å². The van der Waals surface area contributed by atoms with Gasteiger partial charge in [-0.05, 0) is 24.0 Å². The molecule has 3 heterocycles. The van der Waals surface area contributed by atoms with E-state index >= 15 is 0 Å². The molecule has 112 valence electrons. The van der Waals surface area contributed by atoms with Crippen LogP contribution in [0.2, 0.25) is 0 Å². The number of rotatable bonds is 3. The summed E-state index contributed by atoms with van der Waals surface area (Å²) in [4.78, 5) is 6.65. The lowest BCUT2D eigenvalue weighted by atomic mass is 9.79. The first-order valence-electron chi connectivity index (χ1n) is 7.47. The van der Waals surface area contributed by atoms with Crippen LogP contribution >= 0.6 is 0 Å². The lowest BCUT2D eigenvalue weighted by molar-refractivity contribution is 0.0900. The maximum absolute atomic E-state index is 6.22. The zero-order valence-corrected chi connectivity index (χ0v) is 12.7. The number of aromatic amines is 1. The highest BCUT2D eigenvalue weighted by Crippen LogP contribution is 2.30. The number of aromatic nitrogens is 3. The standard InChI is InChI=1S/C16H23N5/c1-16(2)11-21(7-5-14(16)17)10-13-9-19-20-15(13)12-4-3-6-18-8-12/h3-4,6,8-9,14H,5,7,10-11,17H2,1-2H3,(H,19,20). The van der Waals surface area contributed by atoms with Crippen molar-refractivity contribution in [2.45, 2.75) is 32.9 Å². The van der Waals surface area contributed by atoms with Gasteiger partial charge in [-0.3, -0.25) is 15.0 Å². The van der Waals surface area contributed by atoms with Crippen molar-refractivity contribution in [2.24, 2.45) is 11.1 Å². The summed E-state index contributed by atoms with van der Waals surface area (Å²) in [5.74, 6) is 0. The predicted molar refractivity (Wildman–Crippen MR) is 83.5 cm³/mol. The van der Waals surface area contributed by atoms with E-state index in [1.54, 1.807) is 6.20 Å². The summed E-state index contributed by atoms with van der Waals surface area (Å²) in [6.07, 6.45) is 6.62. The van der Waals surface area contributed by atoms with Crippen LogP contribution in [0.25, 0.3) is 11.3 Å². The van der Waals surface area contributed by atoms with Crippen LogP contribution in [0.1, 0.15) is 25.8 Å². The van der Waals surface area contributed by atoms with Gasteiger partial charge in [-0.2, -0.15) is 5.10 Å². The molecule has 1 unspecified atom stereocenters. The van der Waals surface area contributed by atoms with Gasteiger partial charge in [0.05, 0.1) is 11.9 Å². The van der Waals surface area contributed by atoms with E-state index in [9.17, 15) is 0 Å². The van der Waals surface area contributed by atoms with Crippen molar-refractivity contribution >= 4 is 0 Å². The molecule has 1 atom stereocenters. The van der Waals surface area contributed by atoms with Crippen LogP contribution in [-0.2, 0) is 6.54 Å². The maximum Gasteiger partial charge on any atom is 0.0710 e. The molecule has 1 aliphatic rings. The van der Waals surface area contributed by atoms with Gasteiger partial charge in [0.25, 0.3) is 0 Å². The molecular formula is C16H23N5. The van der Waals surface area contributed by atoms with Gasteiger partial charge in [0.2, 0.25) is 0 Å². The first-order chi connectivity index (χ1) is 10.1. The lowest BCUT2D eigenvalue weighted by Gasteiger charge is -2.42. The fraction of sp³-hybridized carbons (Fsp3) is 0.500. The van der Waals surface area contributed by atoms with Gasteiger partial charge in [-0.15, -0.1) is 0 Å². The molecule has 0 saturated carbocycles. The Kier molecular flexibility index (Phi) is 3.78. The zero-order valence-electron chi connectivity index (χ0n) is 12.7. The summed E-state index contributed by atoms with van der Waals surface area (Å²) in [7, 11) is 0. The summed E-state index contributed by atoms with van der Waals surface area (Å²) in [6, 6.07) is 4.29. The molecule has 21 heavy (non-hydrogen) atoms. The molecule has 0 spiro atoms. The molecule has 3 rings (SSSR count). The number of likely N-dealkylation sites (tertiary alicyclic amines) is 1. The maximum atomic E-state index is 6.22. The smallest absolute Gasteiger partial charge is 0.0710 e. The molecule has 0 amide bonds. The number of H-pyrrole nitrogens is 1. The Morgan fingerprint density at radius 1 is 1.43 bits per heavy atom. The summed E-state index contributed by atoms with van der Waals surface area (Å²) in [5, 5.41) is 7.31. The number of hydrogen-bond acceptors (Lipinski definition) is 4. The minimum Gasteiger partial charge on any atom is -0.327 e. The second-order valence-corrected chi connectivity index (χ2v) is 6.61. The minimum absolute atomic E-state index is 0.163. The molecular weight excluding hydrogens is 262 g/mol. The second-order valence-electron chi connectivity index (χ2n) is 6.61. The Morgan fingerprint density at radius 3 is 3.00 bits per heavy atom. The Bertz CT molecular complexity index is 590. The highest BCUT2D eigenvalue weighted by Gasteiger charge is 2.33. The van der Waals surface area contributed by atoms with Gasteiger partial charge < -0.3 is 5.73 Å². The number of piperidine rings is 1. The summed E-state index contributed by atoms with van der Waals surface area (Å²) >= 11 is 0. The van der Waals surface area contributed by atoms with Crippen molar-refractivity contribution in [3.63, 3.8) is 0 Å². The zero-order chi connectivity index (χ0) is 14.9. The SMILES string of the molecule is CC1(C)CN(Cc2cn[nH]c2-c2cccnc2)CCC1N. The van der Waals surface area contributed by atoms with Crippen molar-refractivity contribution in [1.29, 1.82) is 0 Å². The monoisotopic (exact) mass is 285 g/mol. The van der Waals surface area contributed by atoms with Gasteiger partial charge in [0, 0.05) is 49.2 Å².